The van der Waals surface area contributed by atoms with E-state index < -0.39 is 42.8 Å². The fourth-order valence-corrected chi connectivity index (χ4v) is 3.30. The Kier molecular flexibility index (Phi) is 6.82. The molecule has 1 aliphatic rings. The van der Waals surface area contributed by atoms with Gasteiger partial charge in [-0.25, -0.2) is 9.78 Å². The van der Waals surface area contributed by atoms with Crippen molar-refractivity contribution in [3.05, 3.63) is 53.7 Å². The lowest BCUT2D eigenvalue weighted by Gasteiger charge is -2.25. The number of benzene rings is 1. The number of pyridine rings is 1. The van der Waals surface area contributed by atoms with Crippen molar-refractivity contribution in [2.24, 2.45) is 0 Å². The zero-order valence-electron chi connectivity index (χ0n) is 16.6. The van der Waals surface area contributed by atoms with Crippen molar-refractivity contribution < 1.29 is 45.3 Å². The highest BCUT2D eigenvalue weighted by atomic mass is 19.4. The van der Waals surface area contributed by atoms with Crippen LogP contribution in [0, 0.1) is 0 Å². The molecule has 1 aromatic heterocycles. The summed E-state index contributed by atoms with van der Waals surface area (Å²) in [7, 11) is 1.20. The van der Waals surface area contributed by atoms with Gasteiger partial charge in [0.1, 0.15) is 17.7 Å². The molecule has 0 unspecified atom stereocenters. The second kappa shape index (κ2) is 9.23. The van der Waals surface area contributed by atoms with Crippen LogP contribution in [0.15, 0.2) is 42.6 Å². The third-order valence-corrected chi connectivity index (χ3v) is 4.76. The Morgan fingerprint density at radius 1 is 1.09 bits per heavy atom. The molecule has 32 heavy (non-hydrogen) atoms. The molecule has 1 aromatic carbocycles. The van der Waals surface area contributed by atoms with Crippen molar-refractivity contribution >= 4 is 11.8 Å². The van der Waals surface area contributed by atoms with Gasteiger partial charge in [0.2, 0.25) is 0 Å². The summed E-state index contributed by atoms with van der Waals surface area (Å²) in [6.45, 7) is -0.589. The van der Waals surface area contributed by atoms with Gasteiger partial charge in [-0.3, -0.25) is 4.74 Å². The molecule has 0 radical (unpaired) electrons. The van der Waals surface area contributed by atoms with Gasteiger partial charge in [0, 0.05) is 12.6 Å². The molecule has 2 aromatic rings. The SMILES string of the molecule is COC(=O)c1ccc(N2C[C@@H](Oc3ccc(C(F)(F)F)cc3)C[C@H]2COC(F)(F)F)nc1. The number of carbonyl (C=O) groups is 1. The highest BCUT2D eigenvalue weighted by Crippen LogP contribution is 2.32. The topological polar surface area (TPSA) is 60.9 Å². The molecule has 0 saturated carbocycles. The zero-order chi connectivity index (χ0) is 23.5. The number of nitrogens with zero attached hydrogens (tertiary/aromatic N) is 2. The fraction of sp³-hybridized carbons (Fsp3) is 0.400. The number of hydrogen-bond acceptors (Lipinski definition) is 6. The molecule has 0 spiro atoms. The van der Waals surface area contributed by atoms with Crippen molar-refractivity contribution in [3.8, 4) is 5.75 Å². The van der Waals surface area contributed by atoms with E-state index in [1.807, 2.05) is 0 Å². The lowest BCUT2D eigenvalue weighted by molar-refractivity contribution is -0.325. The summed E-state index contributed by atoms with van der Waals surface area (Å²) >= 11 is 0. The Balaban J connectivity index is 1.75. The Morgan fingerprint density at radius 2 is 1.78 bits per heavy atom. The minimum absolute atomic E-state index is 0.109. The van der Waals surface area contributed by atoms with Gasteiger partial charge >= 0.3 is 18.5 Å². The van der Waals surface area contributed by atoms with E-state index in [4.69, 9.17) is 4.74 Å². The Morgan fingerprint density at radius 3 is 2.31 bits per heavy atom. The molecule has 174 valence electrons. The number of halogens is 6. The second-order valence-electron chi connectivity index (χ2n) is 6.96. The number of aromatic nitrogens is 1. The number of hydrogen-bond donors (Lipinski definition) is 0. The van der Waals surface area contributed by atoms with Crippen LogP contribution in [0.4, 0.5) is 32.2 Å². The second-order valence-corrected chi connectivity index (χ2v) is 6.96. The normalized spacial score (nSPS) is 19.2. The molecule has 0 N–H and O–H groups in total. The van der Waals surface area contributed by atoms with Crippen LogP contribution in [0.2, 0.25) is 0 Å². The predicted molar refractivity (Wildman–Crippen MR) is 99.2 cm³/mol. The Bertz CT molecular complexity index is 916. The van der Waals surface area contributed by atoms with Crippen LogP contribution in [0.25, 0.3) is 0 Å². The van der Waals surface area contributed by atoms with Crippen molar-refractivity contribution in [3.63, 3.8) is 0 Å². The van der Waals surface area contributed by atoms with E-state index in [2.05, 4.69) is 14.5 Å². The Hall–Kier alpha value is -3.02. The van der Waals surface area contributed by atoms with E-state index in [1.54, 1.807) is 0 Å². The van der Waals surface area contributed by atoms with Crippen LogP contribution in [-0.2, 0) is 15.7 Å². The number of carbonyl (C=O) groups excluding carboxylic acids is 1. The summed E-state index contributed by atoms with van der Waals surface area (Å²) in [4.78, 5) is 17.2. The van der Waals surface area contributed by atoms with Crippen LogP contribution in [-0.4, -0.2) is 49.7 Å². The van der Waals surface area contributed by atoms with E-state index >= 15 is 0 Å². The quantitative estimate of drug-likeness (QED) is 0.465. The largest absolute Gasteiger partial charge is 0.522 e. The molecule has 1 fully saturated rings. The average molecular weight is 464 g/mol. The van der Waals surface area contributed by atoms with Gasteiger partial charge in [-0.05, 0) is 36.4 Å². The molecule has 0 bridgehead atoms. The monoisotopic (exact) mass is 464 g/mol. The van der Waals surface area contributed by atoms with Gasteiger partial charge < -0.3 is 14.4 Å². The first-order valence-electron chi connectivity index (χ1n) is 9.32. The molecule has 0 amide bonds. The van der Waals surface area contributed by atoms with E-state index in [0.717, 1.165) is 24.3 Å². The van der Waals surface area contributed by atoms with Crippen molar-refractivity contribution in [2.45, 2.75) is 31.1 Å². The first-order chi connectivity index (χ1) is 15.0. The maximum absolute atomic E-state index is 12.7. The predicted octanol–water partition coefficient (Wildman–Crippen LogP) is 4.45. The number of rotatable bonds is 6. The molecule has 2 atom stereocenters. The van der Waals surface area contributed by atoms with Crippen molar-refractivity contribution in [2.75, 3.05) is 25.2 Å². The maximum Gasteiger partial charge on any atom is 0.522 e. The number of methoxy groups -OCH3 is 1. The maximum atomic E-state index is 12.7. The van der Waals surface area contributed by atoms with Crippen molar-refractivity contribution in [1.29, 1.82) is 0 Å². The van der Waals surface area contributed by atoms with Crippen LogP contribution >= 0.6 is 0 Å². The van der Waals surface area contributed by atoms with Crippen LogP contribution in [0.3, 0.4) is 0 Å². The number of ether oxygens (including phenoxy) is 3. The molecule has 12 heteroatoms. The van der Waals surface area contributed by atoms with Gasteiger partial charge in [-0.2, -0.15) is 13.2 Å². The van der Waals surface area contributed by atoms with E-state index in [1.165, 1.54) is 30.3 Å². The molecule has 2 heterocycles. The van der Waals surface area contributed by atoms with Gasteiger partial charge in [0.15, 0.2) is 0 Å². The smallest absolute Gasteiger partial charge is 0.489 e. The first kappa shape index (κ1) is 23.6. The Labute approximate surface area is 178 Å². The average Bonchev–Trinajstić information content (AvgIpc) is 3.13. The summed E-state index contributed by atoms with van der Waals surface area (Å²) in [5.41, 5.74) is -0.680. The summed E-state index contributed by atoms with van der Waals surface area (Å²) in [5.74, 6) is -0.188. The molecule has 1 saturated heterocycles. The summed E-state index contributed by atoms with van der Waals surface area (Å²) in [5, 5.41) is 0. The lowest BCUT2D eigenvalue weighted by Crippen LogP contribution is -2.36. The van der Waals surface area contributed by atoms with Gasteiger partial charge in [0.25, 0.3) is 0 Å². The third kappa shape index (κ3) is 6.02. The number of anilines is 1. The minimum Gasteiger partial charge on any atom is -0.489 e. The highest BCUT2D eigenvalue weighted by molar-refractivity contribution is 5.89. The molecular weight excluding hydrogens is 446 g/mol. The molecule has 0 aliphatic carbocycles. The van der Waals surface area contributed by atoms with Gasteiger partial charge in [-0.15, -0.1) is 13.2 Å². The van der Waals surface area contributed by atoms with Crippen LogP contribution < -0.4 is 9.64 Å². The summed E-state index contributed by atoms with van der Waals surface area (Å²) in [6.07, 6.45) is -8.62. The van der Waals surface area contributed by atoms with E-state index in [9.17, 15) is 31.1 Å². The van der Waals surface area contributed by atoms with Crippen LogP contribution in [0.5, 0.6) is 5.75 Å². The lowest BCUT2D eigenvalue weighted by atomic mass is 10.2. The minimum atomic E-state index is -4.83. The number of alkyl halides is 6. The van der Waals surface area contributed by atoms with E-state index in [0.29, 0.717) is 0 Å². The third-order valence-electron chi connectivity index (χ3n) is 4.76. The van der Waals surface area contributed by atoms with Gasteiger partial charge in [0.05, 0.1) is 37.4 Å². The summed E-state index contributed by atoms with van der Waals surface area (Å²) in [6, 6.07) is 6.12. The van der Waals surface area contributed by atoms with E-state index in [-0.39, 0.29) is 30.1 Å². The molecule has 1 aliphatic heterocycles. The fourth-order valence-electron chi connectivity index (χ4n) is 3.30. The van der Waals surface area contributed by atoms with Crippen LogP contribution in [0.1, 0.15) is 22.3 Å². The number of esters is 1. The van der Waals surface area contributed by atoms with Crippen molar-refractivity contribution in [1.82, 2.24) is 4.98 Å². The molecule has 6 nitrogen and oxygen atoms in total. The first-order valence-corrected chi connectivity index (χ1v) is 9.32. The zero-order valence-corrected chi connectivity index (χ0v) is 16.6. The highest BCUT2D eigenvalue weighted by Gasteiger charge is 2.38. The molecular formula is C20H18F6N2O4. The summed E-state index contributed by atoms with van der Waals surface area (Å²) < 4.78 is 90.1. The standard InChI is InChI=1S/C20H18F6N2O4/c1-30-18(29)12-2-7-17(27-9-12)28-10-16(8-14(28)11-31-20(24,25)26)32-15-5-3-13(4-6-15)19(21,22)23/h2-7,9,14,16H,8,10-11H2,1H3/t14-,16-/m0/s1. The van der Waals surface area contributed by atoms with Gasteiger partial charge in [-0.1, -0.05) is 0 Å². The molecule has 3 rings (SSSR count).